The van der Waals surface area contributed by atoms with Crippen LogP contribution in [0.5, 0.6) is 5.75 Å². The molecule has 4 rings (SSSR count). The third-order valence-corrected chi connectivity index (χ3v) is 5.59. The molecule has 30 heavy (non-hydrogen) atoms. The maximum absolute atomic E-state index is 12.5. The van der Waals surface area contributed by atoms with E-state index in [4.69, 9.17) is 8.60 Å². The van der Waals surface area contributed by atoms with Crippen LogP contribution in [0, 0.1) is 18.3 Å². The number of nitriles is 1. The second-order valence-electron chi connectivity index (χ2n) is 6.58. The molecule has 0 saturated heterocycles. The molecule has 0 aliphatic rings. The lowest BCUT2D eigenvalue weighted by molar-refractivity contribution is 0.486. The average Bonchev–Trinajstić information content (AvgIpc) is 3.16. The van der Waals surface area contributed by atoms with Gasteiger partial charge in [-0.15, -0.1) is 0 Å². The van der Waals surface area contributed by atoms with E-state index in [1.807, 2.05) is 19.1 Å². The van der Waals surface area contributed by atoms with Crippen LogP contribution in [-0.2, 0) is 10.1 Å². The Labute approximate surface area is 173 Å². The molecule has 0 spiro atoms. The summed E-state index contributed by atoms with van der Waals surface area (Å²) in [5.41, 5.74) is 2.96. The van der Waals surface area contributed by atoms with Crippen molar-refractivity contribution in [3.05, 3.63) is 89.8 Å². The minimum Gasteiger partial charge on any atom is -0.435 e. The van der Waals surface area contributed by atoms with Crippen molar-refractivity contribution in [2.75, 3.05) is 0 Å². The number of para-hydroxylation sites is 2. The van der Waals surface area contributed by atoms with E-state index in [0.717, 1.165) is 5.56 Å². The first-order chi connectivity index (χ1) is 14.4. The fourth-order valence-electron chi connectivity index (χ4n) is 2.83. The number of oxazole rings is 1. The summed E-state index contributed by atoms with van der Waals surface area (Å²) in [6.07, 6.45) is 1.57. The van der Waals surface area contributed by atoms with Crippen molar-refractivity contribution in [1.82, 2.24) is 4.98 Å². The summed E-state index contributed by atoms with van der Waals surface area (Å²) in [5, 5.41) is 9.55. The average molecular weight is 416 g/mol. The molecular weight excluding hydrogens is 400 g/mol. The number of fused-ring (bicyclic) bond motifs is 1. The molecule has 0 aliphatic heterocycles. The Morgan fingerprint density at radius 3 is 2.57 bits per heavy atom. The van der Waals surface area contributed by atoms with E-state index in [1.165, 1.54) is 24.3 Å². The lowest BCUT2D eigenvalue weighted by atomic mass is 10.1. The molecule has 0 atom stereocenters. The van der Waals surface area contributed by atoms with Crippen molar-refractivity contribution >= 4 is 32.9 Å². The lowest BCUT2D eigenvalue weighted by Gasteiger charge is -2.08. The molecule has 0 aliphatic carbocycles. The van der Waals surface area contributed by atoms with Crippen molar-refractivity contribution in [3.8, 4) is 11.8 Å². The SMILES string of the molecule is Cc1ccc(S(=O)(=O)Oc2cccc(/C=C(/C#N)c3nc4ccccc4o3)c2)cc1. The highest BCUT2D eigenvalue weighted by Gasteiger charge is 2.17. The summed E-state index contributed by atoms with van der Waals surface area (Å²) in [5.74, 6) is 0.330. The zero-order chi connectivity index (χ0) is 21.1. The second-order valence-corrected chi connectivity index (χ2v) is 8.13. The number of aromatic nitrogens is 1. The third-order valence-electron chi connectivity index (χ3n) is 4.33. The van der Waals surface area contributed by atoms with Crippen LogP contribution >= 0.6 is 0 Å². The molecule has 148 valence electrons. The topological polar surface area (TPSA) is 93.2 Å². The first-order valence-electron chi connectivity index (χ1n) is 9.03. The van der Waals surface area contributed by atoms with Gasteiger partial charge in [0.1, 0.15) is 27.8 Å². The molecule has 4 aromatic rings. The standard InChI is InChI=1S/C23H16N2O4S/c1-16-9-11-20(12-10-16)30(26,27)29-19-6-4-5-17(14-19)13-18(15-24)23-25-21-7-2-3-8-22(21)28-23/h2-14H,1H3/b18-13-. The van der Waals surface area contributed by atoms with Crippen molar-refractivity contribution in [3.63, 3.8) is 0 Å². The predicted octanol–water partition coefficient (Wildman–Crippen LogP) is 4.97. The molecule has 0 N–H and O–H groups in total. The van der Waals surface area contributed by atoms with E-state index in [2.05, 4.69) is 11.1 Å². The highest BCUT2D eigenvalue weighted by Crippen LogP contribution is 2.25. The Morgan fingerprint density at radius 1 is 1.07 bits per heavy atom. The van der Waals surface area contributed by atoms with Crippen molar-refractivity contribution in [1.29, 1.82) is 5.26 Å². The van der Waals surface area contributed by atoms with Crippen molar-refractivity contribution in [2.24, 2.45) is 0 Å². The van der Waals surface area contributed by atoms with E-state index < -0.39 is 10.1 Å². The fraction of sp³-hybridized carbons (Fsp3) is 0.0435. The van der Waals surface area contributed by atoms with Crippen LogP contribution in [-0.4, -0.2) is 13.4 Å². The lowest BCUT2D eigenvalue weighted by Crippen LogP contribution is -2.09. The van der Waals surface area contributed by atoms with E-state index in [9.17, 15) is 13.7 Å². The van der Waals surface area contributed by atoms with Gasteiger partial charge in [0, 0.05) is 0 Å². The summed E-state index contributed by atoms with van der Waals surface area (Å²) >= 11 is 0. The zero-order valence-electron chi connectivity index (χ0n) is 15.9. The maximum atomic E-state index is 12.5. The van der Waals surface area contributed by atoms with Gasteiger partial charge in [-0.2, -0.15) is 13.7 Å². The van der Waals surface area contributed by atoms with E-state index in [0.29, 0.717) is 16.7 Å². The van der Waals surface area contributed by atoms with Gasteiger partial charge < -0.3 is 8.60 Å². The number of aryl methyl sites for hydroxylation is 1. The normalized spacial score (nSPS) is 11.9. The summed E-state index contributed by atoms with van der Waals surface area (Å²) in [6.45, 7) is 1.87. The van der Waals surface area contributed by atoms with Gasteiger partial charge in [-0.3, -0.25) is 0 Å². The Hall–Kier alpha value is -3.89. The first kappa shape index (κ1) is 19.4. The van der Waals surface area contributed by atoms with Crippen molar-refractivity contribution in [2.45, 2.75) is 11.8 Å². The molecule has 1 heterocycles. The Morgan fingerprint density at radius 2 is 1.83 bits per heavy atom. The van der Waals surface area contributed by atoms with Crippen LogP contribution in [0.15, 0.2) is 82.1 Å². The number of hydrogen-bond acceptors (Lipinski definition) is 6. The molecule has 0 amide bonds. The van der Waals surface area contributed by atoms with Gasteiger partial charge in [0.05, 0.1) is 0 Å². The monoisotopic (exact) mass is 416 g/mol. The van der Waals surface area contributed by atoms with Crippen LogP contribution < -0.4 is 4.18 Å². The summed E-state index contributed by atoms with van der Waals surface area (Å²) in [7, 11) is -3.97. The Kier molecular flexibility index (Phi) is 5.09. The quantitative estimate of drug-likeness (QED) is 0.337. The molecule has 6 nitrogen and oxygen atoms in total. The minimum atomic E-state index is -3.97. The molecule has 0 fully saturated rings. The van der Waals surface area contributed by atoms with Crippen LogP contribution in [0.3, 0.4) is 0 Å². The molecule has 1 aromatic heterocycles. The number of nitrogens with zero attached hydrogens (tertiary/aromatic N) is 2. The summed E-state index contributed by atoms with van der Waals surface area (Å²) in [4.78, 5) is 4.39. The van der Waals surface area contributed by atoms with Crippen LogP contribution in [0.1, 0.15) is 17.0 Å². The highest BCUT2D eigenvalue weighted by atomic mass is 32.2. The molecule has 3 aromatic carbocycles. The van der Waals surface area contributed by atoms with Gasteiger partial charge in [-0.05, 0) is 55.0 Å². The minimum absolute atomic E-state index is 0.0678. The van der Waals surface area contributed by atoms with Crippen LogP contribution in [0.2, 0.25) is 0 Å². The smallest absolute Gasteiger partial charge is 0.339 e. The molecule has 0 bridgehead atoms. The molecule has 0 radical (unpaired) electrons. The van der Waals surface area contributed by atoms with E-state index in [1.54, 1.807) is 42.5 Å². The van der Waals surface area contributed by atoms with Crippen LogP contribution in [0.4, 0.5) is 0 Å². The molecule has 7 heteroatoms. The van der Waals surface area contributed by atoms with Gasteiger partial charge in [0.2, 0.25) is 5.89 Å². The predicted molar refractivity (Wildman–Crippen MR) is 113 cm³/mol. The third kappa shape index (κ3) is 4.09. The first-order valence-corrected chi connectivity index (χ1v) is 10.4. The second kappa shape index (κ2) is 7.85. The molecule has 0 unspecified atom stereocenters. The summed E-state index contributed by atoms with van der Waals surface area (Å²) in [6, 6.07) is 22.1. The van der Waals surface area contributed by atoms with E-state index in [-0.39, 0.29) is 22.1 Å². The van der Waals surface area contributed by atoms with Gasteiger partial charge in [0.25, 0.3) is 0 Å². The number of rotatable bonds is 5. The number of allylic oxidation sites excluding steroid dienone is 1. The van der Waals surface area contributed by atoms with Gasteiger partial charge in [0.15, 0.2) is 5.58 Å². The largest absolute Gasteiger partial charge is 0.435 e. The van der Waals surface area contributed by atoms with Crippen molar-refractivity contribution < 1.29 is 17.0 Å². The van der Waals surface area contributed by atoms with E-state index >= 15 is 0 Å². The summed E-state index contributed by atoms with van der Waals surface area (Å²) < 4.78 is 35.9. The number of hydrogen-bond donors (Lipinski definition) is 0. The Bertz CT molecular complexity index is 1360. The molecule has 0 saturated carbocycles. The molecular formula is C23H16N2O4S. The fourth-order valence-corrected chi connectivity index (χ4v) is 3.75. The van der Waals surface area contributed by atoms with Crippen LogP contribution in [0.25, 0.3) is 22.7 Å². The Balaban J connectivity index is 1.63. The zero-order valence-corrected chi connectivity index (χ0v) is 16.8. The highest BCUT2D eigenvalue weighted by molar-refractivity contribution is 7.87. The van der Waals surface area contributed by atoms with Gasteiger partial charge in [-0.1, -0.05) is 42.0 Å². The maximum Gasteiger partial charge on any atom is 0.339 e. The number of benzene rings is 3. The van der Waals surface area contributed by atoms with Gasteiger partial charge >= 0.3 is 10.1 Å². The van der Waals surface area contributed by atoms with Gasteiger partial charge in [-0.25, -0.2) is 4.98 Å².